The number of alkyl carbamates (subject to hydrolysis) is 1. The molecule has 3 amide bonds. The summed E-state index contributed by atoms with van der Waals surface area (Å²) in [6.07, 6.45) is -0.203. The van der Waals surface area contributed by atoms with Gasteiger partial charge in [-0.2, -0.15) is 0 Å². The van der Waals surface area contributed by atoms with E-state index in [-0.39, 0.29) is 17.9 Å². The van der Waals surface area contributed by atoms with Crippen molar-refractivity contribution in [3.05, 3.63) is 102 Å². The molecule has 0 radical (unpaired) electrons. The molecule has 0 aromatic heterocycles. The zero-order chi connectivity index (χ0) is 32.7. The van der Waals surface area contributed by atoms with Gasteiger partial charge in [-0.05, 0) is 92.4 Å². The summed E-state index contributed by atoms with van der Waals surface area (Å²) in [5, 5.41) is 27.9. The highest BCUT2D eigenvalue weighted by Crippen LogP contribution is 2.30. The zero-order valence-electron chi connectivity index (χ0n) is 26.3. The van der Waals surface area contributed by atoms with Crippen LogP contribution >= 0.6 is 0 Å². The summed E-state index contributed by atoms with van der Waals surface area (Å²) in [7, 11) is 0. The first-order valence-electron chi connectivity index (χ1n) is 15.0. The molecule has 0 aliphatic heterocycles. The molecule has 0 aliphatic carbocycles. The second-order valence-electron chi connectivity index (χ2n) is 12.1. The number of anilines is 1. The molecule has 4 aromatic rings. The molecule has 4 rings (SSSR count). The van der Waals surface area contributed by atoms with Crippen LogP contribution in [0.5, 0.6) is 11.5 Å². The van der Waals surface area contributed by atoms with Crippen LogP contribution in [-0.4, -0.2) is 50.7 Å². The van der Waals surface area contributed by atoms with E-state index in [1.54, 1.807) is 51.1 Å². The number of phenolic OH excluding ortho intramolecular Hbond substituents is 2. The molecule has 0 saturated carbocycles. The maximum Gasteiger partial charge on any atom is 0.408 e. The molecule has 9 nitrogen and oxygen atoms in total. The number of amides is 3. The topological polar surface area (TPSA) is 128 Å². The van der Waals surface area contributed by atoms with Gasteiger partial charge in [0.2, 0.25) is 5.91 Å². The summed E-state index contributed by atoms with van der Waals surface area (Å²) in [4.78, 5) is 43.3. The molecule has 45 heavy (non-hydrogen) atoms. The Labute approximate surface area is 263 Å². The number of aromatic hydroxyl groups is 2. The van der Waals surface area contributed by atoms with E-state index in [9.17, 15) is 24.6 Å². The Bertz CT molecular complexity index is 1650. The molecule has 9 heteroatoms. The molecule has 3 atom stereocenters. The van der Waals surface area contributed by atoms with Crippen LogP contribution in [0.15, 0.2) is 91.0 Å². The summed E-state index contributed by atoms with van der Waals surface area (Å²) in [6.45, 7) is 8.92. The summed E-state index contributed by atoms with van der Waals surface area (Å²) in [5.74, 6) is -0.979. The summed E-state index contributed by atoms with van der Waals surface area (Å²) >= 11 is 0. The van der Waals surface area contributed by atoms with Gasteiger partial charge in [-0.15, -0.1) is 0 Å². The van der Waals surface area contributed by atoms with Gasteiger partial charge in [-0.25, -0.2) is 4.79 Å². The number of carbonyl (C=O) groups excluding carboxylic acids is 3. The first kappa shape index (κ1) is 32.9. The molecule has 3 unspecified atom stereocenters. The number of fused-ring (bicyclic) bond motifs is 1. The van der Waals surface area contributed by atoms with Crippen LogP contribution in [-0.2, 0) is 20.7 Å². The third-order valence-corrected chi connectivity index (χ3v) is 7.41. The maximum absolute atomic E-state index is 14.6. The number of nitrogens with one attached hydrogen (secondary N) is 2. The number of phenols is 2. The fourth-order valence-electron chi connectivity index (χ4n) is 5.10. The van der Waals surface area contributed by atoms with Crippen molar-refractivity contribution in [2.45, 2.75) is 71.2 Å². The largest absolute Gasteiger partial charge is 0.508 e. The number of nitrogens with zero attached hydrogens (tertiary/aromatic N) is 1. The van der Waals surface area contributed by atoms with E-state index in [2.05, 4.69) is 10.6 Å². The van der Waals surface area contributed by atoms with Crippen LogP contribution in [0, 0.1) is 0 Å². The molecule has 0 fully saturated rings. The highest BCUT2D eigenvalue weighted by atomic mass is 16.6. The van der Waals surface area contributed by atoms with E-state index in [0.29, 0.717) is 23.2 Å². The Kier molecular flexibility index (Phi) is 10.3. The zero-order valence-corrected chi connectivity index (χ0v) is 26.3. The SMILES string of the molecule is CCC(C)N(C(=O)C(Cc1ccc(O)cc1)NC(=O)OC(C)(C)C)C(C(=O)Nc1ccc2ccccc2c1)c1cccc(O)c1. The lowest BCUT2D eigenvalue weighted by molar-refractivity contribution is -0.143. The number of hydrogen-bond acceptors (Lipinski definition) is 6. The number of ether oxygens (including phenoxy) is 1. The normalized spacial score (nSPS) is 13.4. The van der Waals surface area contributed by atoms with Crippen molar-refractivity contribution < 1.29 is 29.3 Å². The van der Waals surface area contributed by atoms with Gasteiger partial charge in [0.25, 0.3) is 5.91 Å². The Hall–Kier alpha value is -5.05. The van der Waals surface area contributed by atoms with E-state index in [0.717, 1.165) is 10.8 Å². The van der Waals surface area contributed by atoms with Crippen LogP contribution in [0.4, 0.5) is 10.5 Å². The highest BCUT2D eigenvalue weighted by molar-refractivity contribution is 6.00. The van der Waals surface area contributed by atoms with E-state index in [4.69, 9.17) is 4.74 Å². The monoisotopic (exact) mass is 611 g/mol. The van der Waals surface area contributed by atoms with Crippen LogP contribution in [0.2, 0.25) is 0 Å². The fourth-order valence-corrected chi connectivity index (χ4v) is 5.10. The maximum atomic E-state index is 14.6. The lowest BCUT2D eigenvalue weighted by atomic mass is 9.97. The summed E-state index contributed by atoms with van der Waals surface area (Å²) < 4.78 is 5.49. The van der Waals surface area contributed by atoms with Crippen molar-refractivity contribution in [2.75, 3.05) is 5.32 Å². The van der Waals surface area contributed by atoms with Gasteiger partial charge in [0.15, 0.2) is 0 Å². The third-order valence-electron chi connectivity index (χ3n) is 7.41. The second kappa shape index (κ2) is 14.2. The molecule has 0 bridgehead atoms. The van der Waals surface area contributed by atoms with E-state index < -0.39 is 41.6 Å². The smallest absolute Gasteiger partial charge is 0.408 e. The first-order valence-corrected chi connectivity index (χ1v) is 15.0. The lowest BCUT2D eigenvalue weighted by Crippen LogP contribution is -2.55. The lowest BCUT2D eigenvalue weighted by Gasteiger charge is -2.38. The van der Waals surface area contributed by atoms with Gasteiger partial charge in [0.05, 0.1) is 0 Å². The summed E-state index contributed by atoms with van der Waals surface area (Å²) in [6, 6.07) is 23.2. The van der Waals surface area contributed by atoms with E-state index in [1.807, 2.05) is 50.2 Å². The quantitative estimate of drug-likeness (QED) is 0.158. The standard InChI is InChI=1S/C36H41N3O6/c1-6-23(2)39(34(43)31(38-35(44)45-36(3,4)5)20-24-14-18-29(40)19-15-24)32(27-12-9-13-30(41)22-27)33(42)37-28-17-16-25-10-7-8-11-26(25)21-28/h7-19,21-23,31-32,40-41H,6,20H2,1-5H3,(H,37,42)(H,38,44). The van der Waals surface area contributed by atoms with Crippen LogP contribution in [0.25, 0.3) is 10.8 Å². The van der Waals surface area contributed by atoms with Crippen molar-refractivity contribution in [1.82, 2.24) is 10.2 Å². The number of hydrogen-bond donors (Lipinski definition) is 4. The third kappa shape index (κ3) is 8.75. The number of benzene rings is 4. The predicted octanol–water partition coefficient (Wildman–Crippen LogP) is 6.69. The number of rotatable bonds is 10. The van der Waals surface area contributed by atoms with Crippen molar-refractivity contribution in [2.24, 2.45) is 0 Å². The molecule has 0 heterocycles. The van der Waals surface area contributed by atoms with Crippen molar-refractivity contribution >= 4 is 34.4 Å². The minimum Gasteiger partial charge on any atom is -0.508 e. The first-order chi connectivity index (χ1) is 21.3. The molecule has 4 N–H and O–H groups in total. The van der Waals surface area contributed by atoms with E-state index >= 15 is 0 Å². The van der Waals surface area contributed by atoms with Gasteiger partial charge in [-0.1, -0.05) is 61.5 Å². The van der Waals surface area contributed by atoms with Gasteiger partial charge in [0, 0.05) is 18.2 Å². The Morgan fingerprint density at radius 2 is 1.53 bits per heavy atom. The molecular weight excluding hydrogens is 570 g/mol. The van der Waals surface area contributed by atoms with Gasteiger partial charge >= 0.3 is 6.09 Å². The molecule has 0 aliphatic rings. The van der Waals surface area contributed by atoms with Crippen LogP contribution < -0.4 is 10.6 Å². The average Bonchev–Trinajstić information content (AvgIpc) is 2.98. The molecular formula is C36H41N3O6. The minimum absolute atomic E-state index is 0.0555. The molecule has 0 spiro atoms. The Morgan fingerprint density at radius 1 is 0.844 bits per heavy atom. The molecule has 0 saturated heterocycles. The minimum atomic E-state index is -1.16. The van der Waals surface area contributed by atoms with Crippen molar-refractivity contribution in [3.8, 4) is 11.5 Å². The number of carbonyl (C=O) groups is 3. The highest BCUT2D eigenvalue weighted by Gasteiger charge is 2.39. The molecule has 236 valence electrons. The fraction of sp³-hybridized carbons (Fsp3) is 0.306. The summed E-state index contributed by atoms with van der Waals surface area (Å²) in [5.41, 5.74) is 0.826. The van der Waals surface area contributed by atoms with Crippen molar-refractivity contribution in [1.29, 1.82) is 0 Å². The Morgan fingerprint density at radius 3 is 2.18 bits per heavy atom. The van der Waals surface area contributed by atoms with Crippen LogP contribution in [0.3, 0.4) is 0 Å². The van der Waals surface area contributed by atoms with Gasteiger partial charge < -0.3 is 30.5 Å². The van der Waals surface area contributed by atoms with Gasteiger partial charge in [-0.3, -0.25) is 9.59 Å². The molecule has 4 aromatic carbocycles. The predicted molar refractivity (Wildman–Crippen MR) is 175 cm³/mol. The second-order valence-corrected chi connectivity index (χ2v) is 12.1. The average molecular weight is 612 g/mol. The van der Waals surface area contributed by atoms with Crippen LogP contribution in [0.1, 0.15) is 58.2 Å². The van der Waals surface area contributed by atoms with E-state index in [1.165, 1.54) is 29.2 Å². The van der Waals surface area contributed by atoms with Crippen molar-refractivity contribution in [3.63, 3.8) is 0 Å². The van der Waals surface area contributed by atoms with Gasteiger partial charge in [0.1, 0.15) is 29.2 Å². The Balaban J connectivity index is 1.76.